The standard InChI is InChI=1S/C9HBr19/c10-1(11)2(12,13)3(14,15)4(16,17)5(18,19)6(20,21)7(22,23)8(24,25)9(26,27)28/h1H. The van der Waals surface area contributed by atoms with E-state index in [1.807, 2.05) is 0 Å². The number of halogens is 19. The van der Waals surface area contributed by atoms with Gasteiger partial charge in [-0.3, -0.25) is 0 Å². The van der Waals surface area contributed by atoms with Gasteiger partial charge in [0.25, 0.3) is 0 Å². The van der Waals surface area contributed by atoms with Crippen molar-refractivity contribution in [2.75, 3.05) is 0 Å². The summed E-state index contributed by atoms with van der Waals surface area (Å²) in [5, 5.41) is 0. The minimum absolute atomic E-state index is 0.194. The fourth-order valence-electron chi connectivity index (χ4n) is 1.31. The van der Waals surface area contributed by atoms with E-state index in [1.54, 1.807) is 0 Å². The first-order valence-corrected chi connectivity index (χ1v) is 21.0. The quantitative estimate of drug-likeness (QED) is 0.223. The fourth-order valence-corrected chi connectivity index (χ4v) is 18.1. The molecule has 0 aliphatic rings. The maximum Gasteiger partial charge on any atom is 0.162 e. The molecule has 0 spiro atoms. The highest BCUT2D eigenvalue weighted by Crippen LogP contribution is 2.78. The van der Waals surface area contributed by atoms with Gasteiger partial charge in [-0.1, -0.05) is 303 Å². The second-order valence-corrected chi connectivity index (χ2v) is 38.9. The summed E-state index contributed by atoms with van der Waals surface area (Å²) in [6.45, 7) is 0. The van der Waals surface area contributed by atoms with E-state index in [0.29, 0.717) is 0 Å². The molecule has 0 aromatic carbocycles. The second-order valence-electron chi connectivity index (χ2n) is 4.87. The lowest BCUT2D eigenvalue weighted by atomic mass is 10.1. The van der Waals surface area contributed by atoms with Crippen LogP contribution in [0.5, 0.6) is 0 Å². The number of hydrogen-bond donors (Lipinski definition) is 0. The Hall–Kier alpha value is 9.12. The van der Waals surface area contributed by atoms with E-state index in [1.165, 1.54) is 0 Å². The Morgan fingerprint density at radius 3 is 0.750 bits per heavy atom. The van der Waals surface area contributed by atoms with Crippen LogP contribution >= 0.6 is 303 Å². The molecule has 0 amide bonds. The van der Waals surface area contributed by atoms with Crippen molar-refractivity contribution in [1.82, 2.24) is 0 Å². The summed E-state index contributed by atoms with van der Waals surface area (Å²) < 4.78 is -7.36. The van der Waals surface area contributed by atoms with Crippen molar-refractivity contribution in [1.29, 1.82) is 0 Å². The summed E-state index contributed by atoms with van der Waals surface area (Å²) >= 11 is 70.9. The van der Waals surface area contributed by atoms with Crippen LogP contribution in [0.25, 0.3) is 0 Å². The lowest BCUT2D eigenvalue weighted by Gasteiger charge is -2.57. The Balaban J connectivity index is 6.72. The van der Waals surface area contributed by atoms with Crippen LogP contribution in [0.2, 0.25) is 0 Å². The number of rotatable bonds is 7. The summed E-state index contributed by atoms with van der Waals surface area (Å²) in [4.78, 5) is 0. The van der Waals surface area contributed by atoms with Crippen LogP contribution in [0.4, 0.5) is 0 Å². The molecular formula is C9HBr19. The van der Waals surface area contributed by atoms with Crippen molar-refractivity contribution >= 4 is 303 Å². The zero-order valence-corrected chi connectivity index (χ0v) is 41.9. The molecule has 170 valence electrons. The molecule has 0 saturated heterocycles. The molecule has 0 aromatic rings. The van der Waals surface area contributed by atoms with Crippen LogP contribution in [-0.2, 0) is 0 Å². The topological polar surface area (TPSA) is 0 Å². The minimum Gasteiger partial charge on any atom is -0.0739 e. The van der Waals surface area contributed by atoms with Crippen molar-refractivity contribution in [3.05, 3.63) is 0 Å². The predicted octanol–water partition coefficient (Wildman–Crippen LogP) is 14.3. The molecule has 0 saturated carbocycles. The van der Waals surface area contributed by atoms with Gasteiger partial charge in [0.05, 0.1) is 3.74 Å². The molecule has 0 aliphatic heterocycles. The van der Waals surface area contributed by atoms with Crippen LogP contribution < -0.4 is 0 Å². The van der Waals surface area contributed by atoms with Gasteiger partial charge in [-0.2, -0.15) is 0 Å². The third kappa shape index (κ3) is 6.70. The molecule has 28 heavy (non-hydrogen) atoms. The molecule has 0 N–H and O–H groups in total. The normalized spacial score (nSPS) is 16.7. The van der Waals surface area contributed by atoms with Gasteiger partial charge in [0.2, 0.25) is 0 Å². The predicted molar refractivity (Wildman–Crippen MR) is 195 cm³/mol. The van der Waals surface area contributed by atoms with Gasteiger partial charge in [0.1, 0.15) is 22.6 Å². The van der Waals surface area contributed by atoms with Crippen molar-refractivity contribution in [2.45, 2.75) is 28.5 Å². The first kappa shape index (κ1) is 37.1. The monoisotopic (exact) mass is 1610 g/mol. The van der Waals surface area contributed by atoms with Gasteiger partial charge in [-0.25, -0.2) is 0 Å². The lowest BCUT2D eigenvalue weighted by Crippen LogP contribution is -2.68. The molecule has 0 atom stereocenters. The highest BCUT2D eigenvalue weighted by Gasteiger charge is 2.77. The first-order chi connectivity index (χ1) is 11.7. The summed E-state index contributed by atoms with van der Waals surface area (Å²) in [5.41, 5.74) is 0. The molecule has 19 heteroatoms. The molecule has 0 radical (unpaired) electrons. The van der Waals surface area contributed by atoms with Gasteiger partial charge in [-0.15, -0.1) is 0 Å². The molecule has 0 unspecified atom stereocenters. The SMILES string of the molecule is BrC(Br)C(Br)(Br)C(Br)(Br)C(Br)(Br)C(Br)(Br)C(Br)(Br)C(Br)(Br)C(Br)(Br)C(Br)(Br)Br. The van der Waals surface area contributed by atoms with Crippen LogP contribution in [0.3, 0.4) is 0 Å². The maximum atomic E-state index is 3.85. The average molecular weight is 1630 g/mol. The molecule has 0 rings (SSSR count). The average Bonchev–Trinajstić information content (AvgIpc) is 2.44. The van der Waals surface area contributed by atoms with Crippen molar-refractivity contribution in [2.24, 2.45) is 0 Å². The van der Waals surface area contributed by atoms with Crippen LogP contribution in [0.15, 0.2) is 0 Å². The third-order valence-corrected chi connectivity index (χ3v) is 41.0. The Morgan fingerprint density at radius 1 is 0.321 bits per heavy atom. The zero-order chi connectivity index (χ0) is 23.6. The Morgan fingerprint density at radius 2 is 0.536 bits per heavy atom. The largest absolute Gasteiger partial charge is 0.162 e. The van der Waals surface area contributed by atoms with E-state index in [4.69, 9.17) is 0 Å². The Labute approximate surface area is 323 Å². The molecule has 0 fully saturated rings. The van der Waals surface area contributed by atoms with Crippen LogP contribution in [0.1, 0.15) is 0 Å². The Bertz CT molecular complexity index is 564. The number of hydrogen-bond acceptors (Lipinski definition) is 0. The van der Waals surface area contributed by atoms with E-state index >= 15 is 0 Å². The maximum absolute atomic E-state index is 3.85. The Kier molecular flexibility index (Phi) is 16.3. The van der Waals surface area contributed by atoms with Crippen LogP contribution in [0, 0.1) is 0 Å². The highest BCUT2D eigenvalue weighted by atomic mass is 80.0. The van der Waals surface area contributed by atoms with Crippen LogP contribution in [-0.4, -0.2) is 28.5 Å². The summed E-state index contributed by atoms with van der Waals surface area (Å²) in [5.74, 6) is 0. The summed E-state index contributed by atoms with van der Waals surface area (Å²) in [6, 6.07) is 0. The lowest BCUT2D eigenvalue weighted by molar-refractivity contribution is 0.588. The van der Waals surface area contributed by atoms with E-state index in [2.05, 4.69) is 303 Å². The van der Waals surface area contributed by atoms with E-state index in [0.717, 1.165) is 0 Å². The van der Waals surface area contributed by atoms with Crippen molar-refractivity contribution < 1.29 is 0 Å². The molecule has 0 heterocycles. The van der Waals surface area contributed by atoms with Gasteiger partial charge in [0, 0.05) is 0 Å². The van der Waals surface area contributed by atoms with E-state index < -0.39 is 24.8 Å². The fraction of sp³-hybridized carbons (Fsp3) is 1.00. The molecule has 0 nitrogen and oxygen atoms in total. The molecule has 0 aromatic heterocycles. The van der Waals surface area contributed by atoms with Gasteiger partial charge < -0.3 is 0 Å². The minimum atomic E-state index is -0.993. The highest BCUT2D eigenvalue weighted by molar-refractivity contribution is 9.42. The van der Waals surface area contributed by atoms with E-state index in [-0.39, 0.29) is 3.74 Å². The van der Waals surface area contributed by atoms with Crippen molar-refractivity contribution in [3.63, 3.8) is 0 Å². The summed E-state index contributed by atoms with van der Waals surface area (Å²) in [7, 11) is 0. The zero-order valence-electron chi connectivity index (χ0n) is 11.8. The first-order valence-electron chi connectivity index (χ1n) is 5.69. The van der Waals surface area contributed by atoms with Gasteiger partial charge in [0.15, 0.2) is 2.14 Å². The molecular weight excluding hydrogens is 1630 g/mol. The number of alkyl halides is 19. The second kappa shape index (κ2) is 12.3. The van der Waals surface area contributed by atoms with Gasteiger partial charge in [-0.05, 0) is 0 Å². The third-order valence-electron chi connectivity index (χ3n) is 3.02. The smallest absolute Gasteiger partial charge is 0.0739 e. The van der Waals surface area contributed by atoms with Crippen molar-refractivity contribution in [3.8, 4) is 0 Å². The van der Waals surface area contributed by atoms with Gasteiger partial charge >= 0.3 is 0 Å². The van der Waals surface area contributed by atoms with E-state index in [9.17, 15) is 0 Å². The molecule has 0 bridgehead atoms. The summed E-state index contributed by atoms with van der Waals surface area (Å²) in [6.07, 6.45) is 0. The molecule has 0 aliphatic carbocycles.